The molecule has 1 aromatic carbocycles. The van der Waals surface area contributed by atoms with Gasteiger partial charge in [-0.25, -0.2) is 4.39 Å². The maximum atomic E-state index is 13.0. The molecule has 1 heterocycles. The Morgan fingerprint density at radius 2 is 2.29 bits per heavy atom. The Kier molecular flexibility index (Phi) is 4.95. The van der Waals surface area contributed by atoms with Crippen LogP contribution in [-0.2, 0) is 16.1 Å². The van der Waals surface area contributed by atoms with E-state index in [0.29, 0.717) is 17.7 Å². The van der Waals surface area contributed by atoms with Crippen LogP contribution in [0.3, 0.4) is 0 Å². The molecule has 2 nitrogen and oxygen atoms in total. The van der Waals surface area contributed by atoms with E-state index in [1.54, 1.807) is 12.1 Å². The fourth-order valence-corrected chi connectivity index (χ4v) is 2.30. The van der Waals surface area contributed by atoms with Gasteiger partial charge in [-0.3, -0.25) is 0 Å². The first kappa shape index (κ1) is 13.0. The van der Waals surface area contributed by atoms with Crippen molar-refractivity contribution >= 4 is 15.9 Å². The molecule has 0 spiro atoms. The first-order valence-corrected chi connectivity index (χ1v) is 6.68. The van der Waals surface area contributed by atoms with Crippen LogP contribution in [0.2, 0.25) is 0 Å². The minimum absolute atomic E-state index is 0.229. The highest BCUT2D eigenvalue weighted by Gasteiger charge is 2.13. The molecule has 1 atom stereocenters. The van der Waals surface area contributed by atoms with Crippen LogP contribution in [0.5, 0.6) is 0 Å². The second-order valence-electron chi connectivity index (χ2n) is 4.25. The smallest absolute Gasteiger partial charge is 0.137 e. The molecule has 1 aliphatic heterocycles. The quantitative estimate of drug-likeness (QED) is 0.845. The van der Waals surface area contributed by atoms with Gasteiger partial charge < -0.3 is 9.47 Å². The maximum absolute atomic E-state index is 13.0. The van der Waals surface area contributed by atoms with Gasteiger partial charge in [0, 0.05) is 6.61 Å². The van der Waals surface area contributed by atoms with E-state index in [9.17, 15) is 4.39 Å². The lowest BCUT2D eigenvalue weighted by Gasteiger charge is -2.22. The molecular weight excluding hydrogens is 287 g/mol. The summed E-state index contributed by atoms with van der Waals surface area (Å²) in [4.78, 5) is 0. The van der Waals surface area contributed by atoms with Crippen molar-refractivity contribution in [2.45, 2.75) is 32.0 Å². The van der Waals surface area contributed by atoms with E-state index in [0.717, 1.165) is 25.0 Å². The van der Waals surface area contributed by atoms with Crippen molar-refractivity contribution in [1.29, 1.82) is 0 Å². The van der Waals surface area contributed by atoms with Crippen molar-refractivity contribution in [2.24, 2.45) is 0 Å². The van der Waals surface area contributed by atoms with Crippen LogP contribution in [0.25, 0.3) is 0 Å². The van der Waals surface area contributed by atoms with E-state index < -0.39 is 0 Å². The van der Waals surface area contributed by atoms with Gasteiger partial charge in [0.15, 0.2) is 0 Å². The summed E-state index contributed by atoms with van der Waals surface area (Å²) in [6.07, 6.45) is 3.68. The fraction of sp³-hybridized carbons (Fsp3) is 0.538. The lowest BCUT2D eigenvalue weighted by molar-refractivity contribution is -0.0447. The summed E-state index contributed by atoms with van der Waals surface area (Å²) in [5.41, 5.74) is 0.967. The largest absolute Gasteiger partial charge is 0.376 e. The van der Waals surface area contributed by atoms with E-state index in [2.05, 4.69) is 15.9 Å². The van der Waals surface area contributed by atoms with E-state index >= 15 is 0 Å². The Morgan fingerprint density at radius 3 is 3.00 bits per heavy atom. The zero-order chi connectivity index (χ0) is 12.1. The summed E-state index contributed by atoms with van der Waals surface area (Å²) in [5, 5.41) is 0. The number of hydrogen-bond acceptors (Lipinski definition) is 2. The molecule has 0 N–H and O–H groups in total. The van der Waals surface area contributed by atoms with Gasteiger partial charge in [-0.15, -0.1) is 0 Å². The van der Waals surface area contributed by atoms with Crippen LogP contribution < -0.4 is 0 Å². The maximum Gasteiger partial charge on any atom is 0.137 e. The van der Waals surface area contributed by atoms with E-state index in [1.807, 2.05) is 0 Å². The predicted molar refractivity (Wildman–Crippen MR) is 67.3 cm³/mol. The summed E-state index contributed by atoms with van der Waals surface area (Å²) in [6, 6.07) is 4.93. The Balaban J connectivity index is 1.75. The molecule has 0 amide bonds. The minimum atomic E-state index is -0.246. The van der Waals surface area contributed by atoms with Crippen molar-refractivity contribution in [3.63, 3.8) is 0 Å². The summed E-state index contributed by atoms with van der Waals surface area (Å²) in [6.45, 7) is 1.96. The van der Waals surface area contributed by atoms with Crippen LogP contribution in [0.1, 0.15) is 24.8 Å². The van der Waals surface area contributed by atoms with E-state index in [1.165, 1.54) is 12.5 Å². The molecule has 4 heteroatoms. The average molecular weight is 303 g/mol. The molecular formula is C13H16BrFO2. The van der Waals surface area contributed by atoms with E-state index in [-0.39, 0.29) is 11.9 Å². The number of halogens is 2. The Morgan fingerprint density at radius 1 is 1.41 bits per heavy atom. The normalized spacial score (nSPS) is 20.5. The van der Waals surface area contributed by atoms with Crippen LogP contribution >= 0.6 is 15.9 Å². The number of hydrogen-bond donors (Lipinski definition) is 0. The average Bonchev–Trinajstić information content (AvgIpc) is 2.35. The molecule has 0 saturated carbocycles. The molecule has 1 fully saturated rings. The molecule has 0 aromatic heterocycles. The molecule has 0 bridgehead atoms. The molecule has 1 saturated heterocycles. The third-order valence-electron chi connectivity index (χ3n) is 2.83. The zero-order valence-corrected chi connectivity index (χ0v) is 11.2. The zero-order valence-electron chi connectivity index (χ0n) is 9.62. The van der Waals surface area contributed by atoms with Gasteiger partial charge in [0.2, 0.25) is 0 Å². The lowest BCUT2D eigenvalue weighted by Crippen LogP contribution is -2.24. The molecule has 17 heavy (non-hydrogen) atoms. The molecule has 94 valence electrons. The molecule has 0 aliphatic carbocycles. The van der Waals surface area contributed by atoms with Crippen molar-refractivity contribution < 1.29 is 13.9 Å². The Hall–Kier alpha value is -0.450. The second-order valence-corrected chi connectivity index (χ2v) is 5.11. The molecule has 2 rings (SSSR count). The predicted octanol–water partition coefficient (Wildman–Crippen LogP) is 3.67. The summed E-state index contributed by atoms with van der Waals surface area (Å²) in [7, 11) is 0. The van der Waals surface area contributed by atoms with Crippen LogP contribution in [0.4, 0.5) is 4.39 Å². The van der Waals surface area contributed by atoms with Gasteiger partial charge in [0.05, 0.1) is 23.8 Å². The van der Waals surface area contributed by atoms with Gasteiger partial charge >= 0.3 is 0 Å². The highest BCUT2D eigenvalue weighted by atomic mass is 79.9. The monoisotopic (exact) mass is 302 g/mol. The van der Waals surface area contributed by atoms with Crippen molar-refractivity contribution in [1.82, 2.24) is 0 Å². The number of rotatable bonds is 4. The Labute approximate surface area is 109 Å². The second kappa shape index (κ2) is 6.47. The third kappa shape index (κ3) is 4.05. The van der Waals surface area contributed by atoms with Crippen molar-refractivity contribution in [3.8, 4) is 0 Å². The first-order valence-electron chi connectivity index (χ1n) is 5.89. The van der Waals surface area contributed by atoms with Gasteiger partial charge in [0.25, 0.3) is 0 Å². The topological polar surface area (TPSA) is 18.5 Å². The molecule has 1 aromatic rings. The van der Waals surface area contributed by atoms with Crippen molar-refractivity contribution in [2.75, 3.05) is 13.2 Å². The highest BCUT2D eigenvalue weighted by molar-refractivity contribution is 9.10. The molecule has 1 unspecified atom stereocenters. The van der Waals surface area contributed by atoms with Gasteiger partial charge in [-0.1, -0.05) is 6.07 Å². The Bertz CT molecular complexity index is 364. The van der Waals surface area contributed by atoms with Crippen LogP contribution in [-0.4, -0.2) is 19.3 Å². The SMILES string of the molecule is Fc1ccc(COCC2CCCCO2)cc1Br. The summed E-state index contributed by atoms with van der Waals surface area (Å²) < 4.78 is 24.6. The minimum Gasteiger partial charge on any atom is -0.376 e. The van der Waals surface area contributed by atoms with Gasteiger partial charge in [-0.2, -0.15) is 0 Å². The lowest BCUT2D eigenvalue weighted by atomic mass is 10.1. The summed E-state index contributed by atoms with van der Waals surface area (Å²) >= 11 is 3.16. The van der Waals surface area contributed by atoms with Crippen LogP contribution in [0.15, 0.2) is 22.7 Å². The third-order valence-corrected chi connectivity index (χ3v) is 3.44. The molecule has 1 aliphatic rings. The van der Waals surface area contributed by atoms with Gasteiger partial charge in [-0.05, 0) is 52.9 Å². The fourth-order valence-electron chi connectivity index (χ4n) is 1.88. The highest BCUT2D eigenvalue weighted by Crippen LogP contribution is 2.18. The van der Waals surface area contributed by atoms with Gasteiger partial charge in [0.1, 0.15) is 5.82 Å². The standard InChI is InChI=1S/C13H16BrFO2/c14-12-7-10(4-5-13(12)15)8-16-9-11-3-1-2-6-17-11/h4-5,7,11H,1-3,6,8-9H2. The van der Waals surface area contributed by atoms with Crippen LogP contribution in [0, 0.1) is 5.82 Å². The first-order chi connectivity index (χ1) is 8.25. The molecule has 0 radical (unpaired) electrons. The van der Waals surface area contributed by atoms with Crippen molar-refractivity contribution in [3.05, 3.63) is 34.1 Å². The number of ether oxygens (including phenoxy) is 2. The number of benzene rings is 1. The summed E-state index contributed by atoms with van der Waals surface area (Å²) in [5.74, 6) is -0.246. The van der Waals surface area contributed by atoms with E-state index in [4.69, 9.17) is 9.47 Å².